The molecule has 2 heteroatoms. The number of hydrogen-bond acceptors (Lipinski definition) is 2. The molecule has 2 atom stereocenters. The summed E-state index contributed by atoms with van der Waals surface area (Å²) in [5.41, 5.74) is 3.43. The van der Waals surface area contributed by atoms with Crippen LogP contribution in [-0.4, -0.2) is 11.0 Å². The summed E-state index contributed by atoms with van der Waals surface area (Å²) >= 11 is 0. The van der Waals surface area contributed by atoms with Crippen molar-refractivity contribution in [1.29, 1.82) is 0 Å². The minimum absolute atomic E-state index is 0.645. The highest BCUT2D eigenvalue weighted by atomic mass is 14.9. The summed E-state index contributed by atoms with van der Waals surface area (Å²) in [5, 5.41) is 3.64. The van der Waals surface area contributed by atoms with E-state index in [0.29, 0.717) is 6.04 Å². The topological polar surface area (TPSA) is 24.9 Å². The van der Waals surface area contributed by atoms with Crippen LogP contribution >= 0.6 is 0 Å². The third-order valence-electron chi connectivity index (χ3n) is 3.52. The summed E-state index contributed by atoms with van der Waals surface area (Å²) in [6.07, 6.45) is 5.35. The zero-order chi connectivity index (χ0) is 11.5. The van der Waals surface area contributed by atoms with E-state index in [0.717, 1.165) is 17.3 Å². The van der Waals surface area contributed by atoms with E-state index in [1.54, 1.807) is 0 Å². The van der Waals surface area contributed by atoms with E-state index in [-0.39, 0.29) is 0 Å². The molecule has 0 spiro atoms. The molecule has 1 heterocycles. The largest absolute Gasteiger partial charge is 0.381 e. The molecule has 1 aliphatic carbocycles. The lowest BCUT2D eigenvalue weighted by molar-refractivity contribution is 0.358. The van der Waals surface area contributed by atoms with Gasteiger partial charge in [-0.3, -0.25) is 4.98 Å². The van der Waals surface area contributed by atoms with Crippen LogP contribution in [0.2, 0.25) is 0 Å². The highest BCUT2D eigenvalue weighted by molar-refractivity contribution is 5.48. The van der Waals surface area contributed by atoms with Gasteiger partial charge in [-0.25, -0.2) is 0 Å². The first-order chi connectivity index (χ1) is 7.65. The summed E-state index contributed by atoms with van der Waals surface area (Å²) in [4.78, 5) is 4.50. The van der Waals surface area contributed by atoms with Crippen LogP contribution < -0.4 is 5.32 Å². The van der Waals surface area contributed by atoms with Crippen molar-refractivity contribution in [3.8, 4) is 0 Å². The van der Waals surface area contributed by atoms with Crippen LogP contribution in [-0.2, 0) is 0 Å². The monoisotopic (exact) mass is 218 g/mol. The number of pyridine rings is 1. The van der Waals surface area contributed by atoms with Crippen molar-refractivity contribution in [2.24, 2.45) is 5.92 Å². The Hall–Kier alpha value is -1.05. The number of nitrogens with one attached hydrogen (secondary N) is 1. The number of anilines is 1. The molecule has 16 heavy (non-hydrogen) atoms. The molecule has 2 rings (SSSR count). The summed E-state index contributed by atoms with van der Waals surface area (Å²) < 4.78 is 0. The molecule has 0 aliphatic heterocycles. The molecule has 0 amide bonds. The zero-order valence-electron chi connectivity index (χ0n) is 10.6. The van der Waals surface area contributed by atoms with Crippen molar-refractivity contribution in [3.63, 3.8) is 0 Å². The van der Waals surface area contributed by atoms with E-state index in [2.05, 4.69) is 36.3 Å². The first-order valence-corrected chi connectivity index (χ1v) is 6.36. The van der Waals surface area contributed by atoms with Gasteiger partial charge in [-0.1, -0.05) is 19.8 Å². The van der Waals surface area contributed by atoms with Crippen molar-refractivity contribution in [3.05, 3.63) is 23.5 Å². The standard InChI is InChI=1S/C14H22N2/c1-10-5-4-6-13(9-10)16-14-8-7-11(2)15-12(14)3/h7-8,10,13,16H,4-6,9H2,1-3H3. The smallest absolute Gasteiger partial charge is 0.0606 e. The predicted molar refractivity (Wildman–Crippen MR) is 68.8 cm³/mol. The SMILES string of the molecule is Cc1ccc(NC2CCCC(C)C2)c(C)n1. The van der Waals surface area contributed by atoms with Crippen molar-refractivity contribution in [1.82, 2.24) is 4.98 Å². The Kier molecular flexibility index (Phi) is 3.47. The van der Waals surface area contributed by atoms with Crippen LogP contribution in [0.3, 0.4) is 0 Å². The molecule has 2 unspecified atom stereocenters. The molecule has 88 valence electrons. The highest BCUT2D eigenvalue weighted by Gasteiger charge is 2.18. The van der Waals surface area contributed by atoms with Gasteiger partial charge in [0, 0.05) is 11.7 Å². The van der Waals surface area contributed by atoms with Gasteiger partial charge in [-0.2, -0.15) is 0 Å². The first kappa shape index (κ1) is 11.4. The number of aromatic nitrogens is 1. The van der Waals surface area contributed by atoms with Gasteiger partial charge in [-0.05, 0) is 44.7 Å². The second kappa shape index (κ2) is 4.86. The van der Waals surface area contributed by atoms with E-state index >= 15 is 0 Å². The van der Waals surface area contributed by atoms with Gasteiger partial charge in [0.15, 0.2) is 0 Å². The van der Waals surface area contributed by atoms with Gasteiger partial charge in [0.2, 0.25) is 0 Å². The average Bonchev–Trinajstić information content (AvgIpc) is 2.22. The fraction of sp³-hybridized carbons (Fsp3) is 0.643. The Bertz CT molecular complexity index is 360. The molecule has 0 radical (unpaired) electrons. The lowest BCUT2D eigenvalue weighted by Gasteiger charge is -2.28. The molecule has 1 aromatic heterocycles. The quantitative estimate of drug-likeness (QED) is 0.819. The van der Waals surface area contributed by atoms with Gasteiger partial charge in [0.25, 0.3) is 0 Å². The fourth-order valence-corrected chi connectivity index (χ4v) is 2.62. The van der Waals surface area contributed by atoms with E-state index in [1.165, 1.54) is 31.4 Å². The predicted octanol–water partition coefficient (Wildman–Crippen LogP) is 3.69. The minimum Gasteiger partial charge on any atom is -0.381 e. The number of hydrogen-bond donors (Lipinski definition) is 1. The van der Waals surface area contributed by atoms with Gasteiger partial charge in [0.1, 0.15) is 0 Å². The molecular weight excluding hydrogens is 196 g/mol. The minimum atomic E-state index is 0.645. The van der Waals surface area contributed by atoms with Crippen molar-refractivity contribution >= 4 is 5.69 Å². The van der Waals surface area contributed by atoms with Gasteiger partial charge < -0.3 is 5.32 Å². The zero-order valence-corrected chi connectivity index (χ0v) is 10.6. The Morgan fingerprint density at radius 3 is 2.75 bits per heavy atom. The molecule has 1 saturated carbocycles. The van der Waals surface area contributed by atoms with E-state index in [9.17, 15) is 0 Å². The summed E-state index contributed by atoms with van der Waals surface area (Å²) in [6.45, 7) is 6.48. The van der Waals surface area contributed by atoms with E-state index in [1.807, 2.05) is 6.92 Å². The van der Waals surface area contributed by atoms with Crippen LogP contribution in [0.4, 0.5) is 5.69 Å². The Morgan fingerprint density at radius 1 is 1.25 bits per heavy atom. The van der Waals surface area contributed by atoms with E-state index in [4.69, 9.17) is 0 Å². The van der Waals surface area contributed by atoms with Crippen molar-refractivity contribution in [2.75, 3.05) is 5.32 Å². The molecule has 0 saturated heterocycles. The Balaban J connectivity index is 2.02. The fourth-order valence-electron chi connectivity index (χ4n) is 2.62. The lowest BCUT2D eigenvalue weighted by Crippen LogP contribution is -2.26. The average molecular weight is 218 g/mol. The summed E-state index contributed by atoms with van der Waals surface area (Å²) in [6, 6.07) is 4.89. The molecule has 1 aliphatic rings. The van der Waals surface area contributed by atoms with Crippen LogP contribution in [0.1, 0.15) is 44.0 Å². The highest BCUT2D eigenvalue weighted by Crippen LogP contribution is 2.26. The first-order valence-electron chi connectivity index (χ1n) is 6.36. The summed E-state index contributed by atoms with van der Waals surface area (Å²) in [7, 11) is 0. The maximum Gasteiger partial charge on any atom is 0.0606 e. The van der Waals surface area contributed by atoms with Crippen LogP contribution in [0.25, 0.3) is 0 Å². The lowest BCUT2D eigenvalue weighted by atomic mass is 9.87. The third kappa shape index (κ3) is 2.75. The molecule has 1 fully saturated rings. The Morgan fingerprint density at radius 2 is 2.06 bits per heavy atom. The van der Waals surface area contributed by atoms with Crippen LogP contribution in [0, 0.1) is 19.8 Å². The van der Waals surface area contributed by atoms with E-state index < -0.39 is 0 Å². The maximum atomic E-state index is 4.50. The van der Waals surface area contributed by atoms with Gasteiger partial charge >= 0.3 is 0 Å². The van der Waals surface area contributed by atoms with Crippen LogP contribution in [0.5, 0.6) is 0 Å². The summed E-state index contributed by atoms with van der Waals surface area (Å²) in [5.74, 6) is 0.866. The van der Waals surface area contributed by atoms with Crippen molar-refractivity contribution < 1.29 is 0 Å². The second-order valence-electron chi connectivity index (χ2n) is 5.20. The molecule has 0 aromatic carbocycles. The number of aryl methyl sites for hydroxylation is 2. The van der Waals surface area contributed by atoms with Crippen molar-refractivity contribution in [2.45, 2.75) is 52.5 Å². The molecule has 1 N–H and O–H groups in total. The van der Waals surface area contributed by atoms with Crippen LogP contribution in [0.15, 0.2) is 12.1 Å². The van der Waals surface area contributed by atoms with Gasteiger partial charge in [-0.15, -0.1) is 0 Å². The normalized spacial score (nSPS) is 25.4. The Labute approximate surface area is 98.5 Å². The third-order valence-corrected chi connectivity index (χ3v) is 3.52. The molecule has 2 nitrogen and oxygen atoms in total. The number of rotatable bonds is 2. The van der Waals surface area contributed by atoms with Gasteiger partial charge in [0.05, 0.1) is 11.4 Å². The maximum absolute atomic E-state index is 4.50. The molecular formula is C14H22N2. The molecule has 1 aromatic rings. The molecule has 0 bridgehead atoms. The number of nitrogens with zero attached hydrogens (tertiary/aromatic N) is 1. The second-order valence-corrected chi connectivity index (χ2v) is 5.20.